The first-order valence-corrected chi connectivity index (χ1v) is 10.7. The minimum absolute atomic E-state index is 0.0517. The summed E-state index contributed by atoms with van der Waals surface area (Å²) in [6, 6.07) is 10.2. The van der Waals surface area contributed by atoms with Crippen LogP contribution in [0.5, 0.6) is 5.75 Å². The molecule has 1 aliphatic rings. The van der Waals surface area contributed by atoms with Crippen LogP contribution in [0, 0.1) is 5.82 Å². The Morgan fingerprint density at radius 2 is 2.10 bits per heavy atom. The topological polar surface area (TPSA) is 72.6 Å². The maximum absolute atomic E-state index is 13.9. The first-order chi connectivity index (χ1) is 15.1. The highest BCUT2D eigenvalue weighted by atomic mass is 32.1. The van der Waals surface area contributed by atoms with Gasteiger partial charge in [0.1, 0.15) is 17.1 Å². The van der Waals surface area contributed by atoms with Crippen LogP contribution in [0.3, 0.4) is 0 Å². The average Bonchev–Trinajstić information content (AvgIpc) is 3.40. The van der Waals surface area contributed by atoms with Gasteiger partial charge in [-0.25, -0.2) is 9.37 Å². The van der Waals surface area contributed by atoms with Crippen molar-refractivity contribution >= 4 is 33.3 Å². The highest BCUT2D eigenvalue weighted by molar-refractivity contribution is 7.13. The second-order valence-electron chi connectivity index (χ2n) is 7.13. The van der Waals surface area contributed by atoms with Gasteiger partial charge in [-0.15, -0.1) is 11.3 Å². The Bertz CT molecular complexity index is 1350. The van der Waals surface area contributed by atoms with E-state index in [2.05, 4.69) is 4.98 Å². The molecule has 0 bridgehead atoms. The van der Waals surface area contributed by atoms with Crippen molar-refractivity contribution < 1.29 is 18.3 Å². The van der Waals surface area contributed by atoms with Gasteiger partial charge in [0.25, 0.3) is 5.91 Å². The minimum Gasteiger partial charge on any atom is -0.494 e. The summed E-state index contributed by atoms with van der Waals surface area (Å²) in [5, 5.41) is 2.29. The SMILES string of the molecule is CCCOc1cccc(C2c3c(oc4ccc(F)cc4c3=O)C(=O)N2c2nccs2)c1. The summed E-state index contributed by atoms with van der Waals surface area (Å²) in [6.45, 7) is 2.56. The van der Waals surface area contributed by atoms with Crippen molar-refractivity contribution in [3.05, 3.63) is 87.0 Å². The molecular formula is C23H17FN2O4S. The van der Waals surface area contributed by atoms with E-state index in [9.17, 15) is 14.0 Å². The van der Waals surface area contributed by atoms with Gasteiger partial charge in [0.05, 0.1) is 23.6 Å². The fraction of sp³-hybridized carbons (Fsp3) is 0.174. The number of hydrogen-bond donors (Lipinski definition) is 0. The number of halogens is 1. The number of benzene rings is 2. The van der Waals surface area contributed by atoms with Crippen molar-refractivity contribution in [3.8, 4) is 5.75 Å². The van der Waals surface area contributed by atoms with Gasteiger partial charge in [-0.1, -0.05) is 19.1 Å². The van der Waals surface area contributed by atoms with Crippen LogP contribution in [0.25, 0.3) is 11.0 Å². The summed E-state index contributed by atoms with van der Waals surface area (Å²) in [5.41, 5.74) is 0.580. The molecule has 3 heterocycles. The van der Waals surface area contributed by atoms with Crippen molar-refractivity contribution in [1.82, 2.24) is 4.98 Å². The molecule has 31 heavy (non-hydrogen) atoms. The van der Waals surface area contributed by atoms with Crippen LogP contribution in [0.2, 0.25) is 0 Å². The van der Waals surface area contributed by atoms with E-state index in [1.54, 1.807) is 17.6 Å². The molecular weight excluding hydrogens is 419 g/mol. The molecule has 6 nitrogen and oxygen atoms in total. The number of amides is 1. The highest BCUT2D eigenvalue weighted by Gasteiger charge is 2.44. The third kappa shape index (κ3) is 3.19. The van der Waals surface area contributed by atoms with Crippen molar-refractivity contribution in [2.75, 3.05) is 11.5 Å². The quantitative estimate of drug-likeness (QED) is 0.444. The van der Waals surface area contributed by atoms with E-state index >= 15 is 0 Å². The lowest BCUT2D eigenvalue weighted by atomic mass is 9.98. The van der Waals surface area contributed by atoms with Crippen LogP contribution in [0.1, 0.15) is 41.1 Å². The smallest absolute Gasteiger partial charge is 0.297 e. The van der Waals surface area contributed by atoms with E-state index in [1.165, 1.54) is 28.4 Å². The molecule has 0 radical (unpaired) electrons. The fourth-order valence-electron chi connectivity index (χ4n) is 3.79. The Balaban J connectivity index is 1.75. The summed E-state index contributed by atoms with van der Waals surface area (Å²) in [7, 11) is 0. The predicted molar refractivity (Wildman–Crippen MR) is 115 cm³/mol. The van der Waals surface area contributed by atoms with Crippen molar-refractivity contribution in [3.63, 3.8) is 0 Å². The minimum atomic E-state index is -0.761. The summed E-state index contributed by atoms with van der Waals surface area (Å²) < 4.78 is 25.4. The zero-order chi connectivity index (χ0) is 21.5. The molecule has 5 rings (SSSR count). The third-order valence-corrected chi connectivity index (χ3v) is 5.87. The summed E-state index contributed by atoms with van der Waals surface area (Å²) in [6.07, 6.45) is 2.44. The lowest BCUT2D eigenvalue weighted by Crippen LogP contribution is -2.29. The number of aromatic nitrogens is 1. The largest absolute Gasteiger partial charge is 0.494 e. The maximum Gasteiger partial charge on any atom is 0.297 e. The number of fused-ring (bicyclic) bond motifs is 2. The Morgan fingerprint density at radius 3 is 2.87 bits per heavy atom. The Kier molecular flexibility index (Phi) is 4.78. The van der Waals surface area contributed by atoms with E-state index in [0.29, 0.717) is 23.1 Å². The van der Waals surface area contributed by atoms with E-state index in [0.717, 1.165) is 12.5 Å². The monoisotopic (exact) mass is 436 g/mol. The van der Waals surface area contributed by atoms with E-state index in [1.807, 2.05) is 25.1 Å². The van der Waals surface area contributed by atoms with Crippen LogP contribution >= 0.6 is 11.3 Å². The van der Waals surface area contributed by atoms with Crippen molar-refractivity contribution in [2.45, 2.75) is 19.4 Å². The number of thiazole rings is 1. The zero-order valence-corrected chi connectivity index (χ0v) is 17.3. The molecule has 0 saturated heterocycles. The molecule has 0 fully saturated rings. The van der Waals surface area contributed by atoms with Gasteiger partial charge in [0, 0.05) is 11.6 Å². The van der Waals surface area contributed by atoms with E-state index in [4.69, 9.17) is 9.15 Å². The number of anilines is 1. The molecule has 4 aromatic rings. The first kappa shape index (κ1) is 19.4. The molecule has 0 saturated carbocycles. The molecule has 2 aromatic heterocycles. The van der Waals surface area contributed by atoms with Gasteiger partial charge in [0.15, 0.2) is 10.6 Å². The third-order valence-electron chi connectivity index (χ3n) is 5.10. The zero-order valence-electron chi connectivity index (χ0n) is 16.5. The lowest BCUT2D eigenvalue weighted by molar-refractivity contribution is 0.0971. The van der Waals surface area contributed by atoms with Gasteiger partial charge in [-0.2, -0.15) is 0 Å². The highest BCUT2D eigenvalue weighted by Crippen LogP contribution is 2.42. The predicted octanol–water partition coefficient (Wildman–Crippen LogP) is 4.93. The average molecular weight is 436 g/mol. The van der Waals surface area contributed by atoms with E-state index < -0.39 is 23.2 Å². The molecule has 8 heteroatoms. The van der Waals surface area contributed by atoms with E-state index in [-0.39, 0.29) is 22.3 Å². The Labute approximate surface area is 180 Å². The van der Waals surface area contributed by atoms with Gasteiger partial charge >= 0.3 is 0 Å². The van der Waals surface area contributed by atoms with Crippen LogP contribution in [0.15, 0.2) is 63.3 Å². The van der Waals surface area contributed by atoms with Gasteiger partial charge in [0.2, 0.25) is 5.76 Å². The van der Waals surface area contributed by atoms with Crippen LogP contribution < -0.4 is 15.1 Å². The van der Waals surface area contributed by atoms with Crippen molar-refractivity contribution in [1.29, 1.82) is 0 Å². The lowest BCUT2D eigenvalue weighted by Gasteiger charge is -2.23. The maximum atomic E-state index is 13.9. The summed E-state index contributed by atoms with van der Waals surface area (Å²) in [4.78, 5) is 32.5. The second kappa shape index (κ2) is 7.63. The first-order valence-electron chi connectivity index (χ1n) is 9.80. The normalized spacial score (nSPS) is 15.5. The second-order valence-corrected chi connectivity index (χ2v) is 8.00. The van der Waals surface area contributed by atoms with Gasteiger partial charge in [-0.3, -0.25) is 14.5 Å². The van der Waals surface area contributed by atoms with Gasteiger partial charge < -0.3 is 9.15 Å². The Morgan fingerprint density at radius 1 is 1.23 bits per heavy atom. The van der Waals surface area contributed by atoms with Crippen LogP contribution in [-0.4, -0.2) is 17.5 Å². The van der Waals surface area contributed by atoms with Crippen LogP contribution in [0.4, 0.5) is 9.52 Å². The molecule has 0 spiro atoms. The summed E-state index contributed by atoms with van der Waals surface area (Å²) >= 11 is 1.28. The van der Waals surface area contributed by atoms with Crippen molar-refractivity contribution in [2.24, 2.45) is 0 Å². The van der Waals surface area contributed by atoms with Gasteiger partial charge in [-0.05, 0) is 42.3 Å². The molecule has 0 aliphatic carbocycles. The molecule has 1 amide bonds. The number of nitrogens with zero attached hydrogens (tertiary/aromatic N) is 2. The van der Waals surface area contributed by atoms with Crippen LogP contribution in [-0.2, 0) is 0 Å². The molecule has 2 aromatic carbocycles. The fourth-order valence-corrected chi connectivity index (χ4v) is 4.45. The number of hydrogen-bond acceptors (Lipinski definition) is 6. The number of ether oxygens (including phenoxy) is 1. The molecule has 1 unspecified atom stereocenters. The molecule has 0 N–H and O–H groups in total. The number of rotatable bonds is 5. The number of carbonyl (C=O) groups is 1. The molecule has 156 valence electrons. The standard InChI is InChI=1S/C23H17FN2O4S/c1-2-9-29-15-5-3-4-13(11-15)19-18-20(27)16-12-14(24)6-7-17(16)30-21(18)22(28)26(19)23-25-8-10-31-23/h3-8,10-12,19H,2,9H2,1H3. The number of carbonyl (C=O) groups excluding carboxylic acids is 1. The summed E-state index contributed by atoms with van der Waals surface area (Å²) in [5.74, 6) is -0.426. The molecule has 1 atom stereocenters. The Hall–Kier alpha value is -3.52. The molecule has 1 aliphatic heterocycles.